The smallest absolute Gasteiger partial charge is 0.132 e. The SMILES string of the molecule is CCCCCCC1CCC(CCc2ccc(-c3ccc(CC)cc3F)nn2)CC1. The zero-order valence-electron chi connectivity index (χ0n) is 18.3. The average Bonchev–Trinajstić information content (AvgIpc) is 2.76. The zero-order chi connectivity index (χ0) is 20.5. The van der Waals surface area contributed by atoms with Crippen molar-refractivity contribution in [3.05, 3.63) is 47.4 Å². The molecule has 3 rings (SSSR count). The summed E-state index contributed by atoms with van der Waals surface area (Å²) >= 11 is 0. The average molecular weight is 397 g/mol. The third-order valence-electron chi connectivity index (χ3n) is 6.68. The minimum Gasteiger partial charge on any atom is -0.206 e. The molecule has 1 saturated carbocycles. The van der Waals surface area contributed by atoms with E-state index in [4.69, 9.17) is 0 Å². The Morgan fingerprint density at radius 2 is 1.62 bits per heavy atom. The lowest BCUT2D eigenvalue weighted by molar-refractivity contribution is 0.248. The van der Waals surface area contributed by atoms with Crippen molar-refractivity contribution in [3.8, 4) is 11.3 Å². The minimum atomic E-state index is -0.210. The summed E-state index contributed by atoms with van der Waals surface area (Å²) in [4.78, 5) is 0. The minimum absolute atomic E-state index is 0.210. The van der Waals surface area contributed by atoms with Crippen molar-refractivity contribution in [2.45, 2.75) is 90.9 Å². The first-order valence-electron chi connectivity index (χ1n) is 11.8. The Morgan fingerprint density at radius 3 is 2.24 bits per heavy atom. The fourth-order valence-electron chi connectivity index (χ4n) is 4.64. The van der Waals surface area contributed by atoms with Crippen LogP contribution in [0.2, 0.25) is 0 Å². The lowest BCUT2D eigenvalue weighted by Crippen LogP contribution is -2.15. The summed E-state index contributed by atoms with van der Waals surface area (Å²) in [6.07, 6.45) is 15.6. The number of unbranched alkanes of at least 4 members (excludes halogenated alkanes) is 3. The van der Waals surface area contributed by atoms with E-state index in [1.165, 1.54) is 64.2 Å². The van der Waals surface area contributed by atoms with Crippen LogP contribution in [0, 0.1) is 17.7 Å². The highest BCUT2D eigenvalue weighted by Crippen LogP contribution is 2.34. The van der Waals surface area contributed by atoms with Gasteiger partial charge in [0.25, 0.3) is 0 Å². The monoisotopic (exact) mass is 396 g/mol. The van der Waals surface area contributed by atoms with Gasteiger partial charge in [-0.25, -0.2) is 4.39 Å². The first kappa shape index (κ1) is 21.9. The number of aromatic nitrogens is 2. The third-order valence-corrected chi connectivity index (χ3v) is 6.68. The maximum absolute atomic E-state index is 14.3. The van der Waals surface area contributed by atoms with E-state index in [0.29, 0.717) is 11.3 Å². The molecule has 0 N–H and O–H groups in total. The van der Waals surface area contributed by atoms with Crippen molar-refractivity contribution in [1.29, 1.82) is 0 Å². The van der Waals surface area contributed by atoms with Crippen LogP contribution in [-0.2, 0) is 12.8 Å². The lowest BCUT2D eigenvalue weighted by Gasteiger charge is -2.28. The van der Waals surface area contributed by atoms with Crippen molar-refractivity contribution in [3.63, 3.8) is 0 Å². The van der Waals surface area contributed by atoms with Crippen LogP contribution in [0.4, 0.5) is 4.39 Å². The molecule has 3 heteroatoms. The zero-order valence-corrected chi connectivity index (χ0v) is 18.3. The van der Waals surface area contributed by atoms with Crippen molar-refractivity contribution in [2.24, 2.45) is 11.8 Å². The molecule has 1 fully saturated rings. The second-order valence-corrected chi connectivity index (χ2v) is 8.85. The highest BCUT2D eigenvalue weighted by molar-refractivity contribution is 5.59. The number of halogens is 1. The van der Waals surface area contributed by atoms with Crippen LogP contribution in [0.25, 0.3) is 11.3 Å². The van der Waals surface area contributed by atoms with Crippen LogP contribution in [-0.4, -0.2) is 10.2 Å². The Kier molecular flexibility index (Phi) is 8.64. The van der Waals surface area contributed by atoms with Gasteiger partial charge in [-0.2, -0.15) is 10.2 Å². The second kappa shape index (κ2) is 11.4. The molecule has 2 aromatic rings. The number of benzene rings is 1. The predicted molar refractivity (Wildman–Crippen MR) is 119 cm³/mol. The van der Waals surface area contributed by atoms with Crippen LogP contribution in [0.1, 0.15) is 89.3 Å². The number of hydrogen-bond acceptors (Lipinski definition) is 2. The Labute approximate surface area is 176 Å². The predicted octanol–water partition coefficient (Wildman–Crippen LogP) is 7.55. The van der Waals surface area contributed by atoms with E-state index < -0.39 is 0 Å². The van der Waals surface area contributed by atoms with E-state index in [1.54, 1.807) is 6.07 Å². The van der Waals surface area contributed by atoms with Gasteiger partial charge >= 0.3 is 0 Å². The molecule has 0 aliphatic heterocycles. The molecule has 1 heterocycles. The fraction of sp³-hybridized carbons (Fsp3) is 0.615. The summed E-state index contributed by atoms with van der Waals surface area (Å²) in [6.45, 7) is 4.31. The highest BCUT2D eigenvalue weighted by Gasteiger charge is 2.21. The van der Waals surface area contributed by atoms with E-state index in [9.17, 15) is 4.39 Å². The molecular weight excluding hydrogens is 359 g/mol. The largest absolute Gasteiger partial charge is 0.206 e. The maximum atomic E-state index is 14.3. The molecule has 0 bridgehead atoms. The maximum Gasteiger partial charge on any atom is 0.132 e. The summed E-state index contributed by atoms with van der Waals surface area (Å²) in [5, 5.41) is 8.68. The van der Waals surface area contributed by atoms with Gasteiger partial charge in [0, 0.05) is 5.56 Å². The van der Waals surface area contributed by atoms with Gasteiger partial charge in [0.2, 0.25) is 0 Å². The van der Waals surface area contributed by atoms with Crippen LogP contribution in [0.3, 0.4) is 0 Å². The van der Waals surface area contributed by atoms with E-state index >= 15 is 0 Å². The molecule has 29 heavy (non-hydrogen) atoms. The van der Waals surface area contributed by atoms with E-state index in [2.05, 4.69) is 17.1 Å². The molecule has 0 saturated heterocycles. The summed E-state index contributed by atoms with van der Waals surface area (Å²) < 4.78 is 14.3. The first-order valence-corrected chi connectivity index (χ1v) is 11.8. The van der Waals surface area contributed by atoms with Crippen molar-refractivity contribution >= 4 is 0 Å². The Bertz CT molecular complexity index is 733. The van der Waals surface area contributed by atoms with Gasteiger partial charge in [0.15, 0.2) is 0 Å². The molecule has 0 unspecified atom stereocenters. The molecule has 1 aromatic heterocycles. The summed E-state index contributed by atoms with van der Waals surface area (Å²) in [7, 11) is 0. The summed E-state index contributed by atoms with van der Waals surface area (Å²) in [5.74, 6) is 1.59. The molecule has 0 amide bonds. The molecule has 1 aromatic carbocycles. The number of hydrogen-bond donors (Lipinski definition) is 0. The van der Waals surface area contributed by atoms with Crippen LogP contribution in [0.15, 0.2) is 30.3 Å². The third kappa shape index (κ3) is 6.62. The van der Waals surface area contributed by atoms with Gasteiger partial charge in [0.1, 0.15) is 5.82 Å². The molecule has 0 radical (unpaired) electrons. The Morgan fingerprint density at radius 1 is 0.862 bits per heavy atom. The van der Waals surface area contributed by atoms with E-state index in [0.717, 1.165) is 35.9 Å². The molecule has 0 atom stereocenters. The van der Waals surface area contributed by atoms with E-state index in [-0.39, 0.29) is 5.82 Å². The molecule has 158 valence electrons. The quantitative estimate of drug-likeness (QED) is 0.387. The summed E-state index contributed by atoms with van der Waals surface area (Å²) in [5.41, 5.74) is 3.20. The topological polar surface area (TPSA) is 25.8 Å². The standard InChI is InChI=1S/C26H37FN2/c1-3-5-6-7-8-21-9-11-22(12-10-21)13-15-23-16-18-26(29-28-23)24-17-14-20(4-2)19-25(24)27/h14,16-19,21-22H,3-13,15H2,1-2H3. The first-order chi connectivity index (χ1) is 14.2. The van der Waals surface area contributed by atoms with Crippen molar-refractivity contribution < 1.29 is 4.39 Å². The van der Waals surface area contributed by atoms with Gasteiger partial charge in [-0.15, -0.1) is 0 Å². The van der Waals surface area contributed by atoms with Crippen LogP contribution in [0.5, 0.6) is 0 Å². The second-order valence-electron chi connectivity index (χ2n) is 8.85. The van der Waals surface area contributed by atoms with Gasteiger partial charge in [0.05, 0.1) is 11.4 Å². The molecule has 1 aliphatic rings. The molecule has 1 aliphatic carbocycles. The molecule has 0 spiro atoms. The summed E-state index contributed by atoms with van der Waals surface area (Å²) in [6, 6.07) is 9.33. The van der Waals surface area contributed by atoms with Gasteiger partial charge < -0.3 is 0 Å². The van der Waals surface area contributed by atoms with Gasteiger partial charge in [-0.05, 0) is 60.9 Å². The Balaban J connectivity index is 1.43. The number of rotatable bonds is 10. The lowest BCUT2D eigenvalue weighted by atomic mass is 9.78. The van der Waals surface area contributed by atoms with Crippen molar-refractivity contribution in [2.75, 3.05) is 0 Å². The van der Waals surface area contributed by atoms with Crippen LogP contribution < -0.4 is 0 Å². The highest BCUT2D eigenvalue weighted by atomic mass is 19.1. The van der Waals surface area contributed by atoms with E-state index in [1.807, 2.05) is 31.2 Å². The van der Waals surface area contributed by atoms with Crippen LogP contribution >= 0.6 is 0 Å². The Hall–Kier alpha value is -1.77. The van der Waals surface area contributed by atoms with Crippen molar-refractivity contribution in [1.82, 2.24) is 10.2 Å². The number of aryl methyl sites for hydroxylation is 2. The van der Waals surface area contributed by atoms with Gasteiger partial charge in [-0.1, -0.05) is 77.7 Å². The normalized spacial score (nSPS) is 19.4. The molecular formula is C26H37FN2. The molecule has 2 nitrogen and oxygen atoms in total. The fourth-order valence-corrected chi connectivity index (χ4v) is 4.64. The number of nitrogens with zero attached hydrogens (tertiary/aromatic N) is 2. The van der Waals surface area contributed by atoms with Gasteiger partial charge in [-0.3, -0.25) is 0 Å².